The molecular weight excluding hydrogens is 264 g/mol. The van der Waals surface area contributed by atoms with E-state index in [4.69, 9.17) is 5.11 Å². The average Bonchev–Trinajstić information content (AvgIpc) is 2.38. The van der Waals surface area contributed by atoms with E-state index in [1.54, 1.807) is 6.20 Å². The summed E-state index contributed by atoms with van der Waals surface area (Å²) in [6, 6.07) is 1.86. The third kappa shape index (κ3) is 3.17. The first-order valence-corrected chi connectivity index (χ1v) is 6.83. The van der Waals surface area contributed by atoms with E-state index in [0.29, 0.717) is 10.9 Å². The first-order valence-electron chi connectivity index (χ1n) is 5.85. The summed E-state index contributed by atoms with van der Waals surface area (Å²) in [5.41, 5.74) is 0.859. The molecule has 1 aliphatic rings. The third-order valence-electron chi connectivity index (χ3n) is 2.60. The summed E-state index contributed by atoms with van der Waals surface area (Å²) in [6.45, 7) is 2.64. The van der Waals surface area contributed by atoms with Gasteiger partial charge < -0.3 is 14.9 Å². The molecule has 0 amide bonds. The van der Waals surface area contributed by atoms with Crippen molar-refractivity contribution in [2.45, 2.75) is 6.92 Å². The van der Waals surface area contributed by atoms with Crippen LogP contribution in [0.5, 0.6) is 0 Å². The summed E-state index contributed by atoms with van der Waals surface area (Å²) in [4.78, 5) is 23.8. The number of carboxylic acid groups (broad SMARTS) is 1. The van der Waals surface area contributed by atoms with Crippen LogP contribution < -0.4 is 9.80 Å². The minimum atomic E-state index is -0.895. The summed E-state index contributed by atoms with van der Waals surface area (Å²) >= 11 is 1.35. The van der Waals surface area contributed by atoms with Gasteiger partial charge in [-0.25, -0.2) is 9.78 Å². The lowest BCUT2D eigenvalue weighted by Crippen LogP contribution is -2.26. The van der Waals surface area contributed by atoms with Crippen molar-refractivity contribution < 1.29 is 9.90 Å². The van der Waals surface area contributed by atoms with Gasteiger partial charge in [0.15, 0.2) is 0 Å². The summed E-state index contributed by atoms with van der Waals surface area (Å²) < 4.78 is 0. The van der Waals surface area contributed by atoms with Gasteiger partial charge in [-0.15, -0.1) is 11.8 Å². The van der Waals surface area contributed by atoms with Crippen LogP contribution in [0.3, 0.4) is 0 Å². The zero-order valence-corrected chi connectivity index (χ0v) is 11.9. The monoisotopic (exact) mass is 280 g/mol. The maximum Gasteiger partial charge on any atom is 0.343 e. The number of aliphatic carboxylic acids is 1. The highest BCUT2D eigenvalue weighted by atomic mass is 32.2. The Hall–Kier alpha value is -1.76. The number of aryl methyl sites for hydroxylation is 1. The van der Waals surface area contributed by atoms with Crippen LogP contribution in [-0.2, 0) is 4.79 Å². The third-order valence-corrected chi connectivity index (χ3v) is 3.57. The Morgan fingerprint density at radius 1 is 1.47 bits per heavy atom. The van der Waals surface area contributed by atoms with Crippen LogP contribution in [0.1, 0.15) is 5.69 Å². The van der Waals surface area contributed by atoms with Crippen molar-refractivity contribution in [3.05, 3.63) is 22.9 Å². The molecule has 19 heavy (non-hydrogen) atoms. The van der Waals surface area contributed by atoms with Crippen LogP contribution in [0.25, 0.3) is 0 Å². The van der Waals surface area contributed by atoms with Crippen LogP contribution in [0, 0.1) is 6.92 Å². The van der Waals surface area contributed by atoms with Crippen molar-refractivity contribution in [3.63, 3.8) is 0 Å². The van der Waals surface area contributed by atoms with Crippen molar-refractivity contribution in [3.8, 4) is 0 Å². The van der Waals surface area contributed by atoms with Gasteiger partial charge in [-0.3, -0.25) is 0 Å². The second-order valence-corrected chi connectivity index (χ2v) is 5.54. The molecule has 0 atom stereocenters. The predicted molar refractivity (Wildman–Crippen MR) is 76.6 cm³/mol. The largest absolute Gasteiger partial charge is 0.477 e. The normalized spacial score (nSPS) is 15.1. The van der Waals surface area contributed by atoms with Gasteiger partial charge in [0.05, 0.1) is 0 Å². The Morgan fingerprint density at radius 3 is 2.84 bits per heavy atom. The predicted octanol–water partition coefficient (Wildman–Crippen LogP) is 1.33. The van der Waals surface area contributed by atoms with E-state index in [1.807, 2.05) is 36.9 Å². The fraction of sp³-hybridized carbons (Fsp3) is 0.417. The van der Waals surface area contributed by atoms with Crippen LogP contribution >= 0.6 is 11.8 Å². The number of carbonyl (C=O) groups is 1. The molecule has 0 aliphatic carbocycles. The lowest BCUT2D eigenvalue weighted by molar-refractivity contribution is -0.131. The van der Waals surface area contributed by atoms with Crippen molar-refractivity contribution in [1.29, 1.82) is 0 Å². The quantitative estimate of drug-likeness (QED) is 0.895. The molecule has 0 saturated carbocycles. The Kier molecular flexibility index (Phi) is 3.94. The van der Waals surface area contributed by atoms with Crippen molar-refractivity contribution >= 4 is 29.5 Å². The van der Waals surface area contributed by atoms with Gasteiger partial charge in [0.2, 0.25) is 5.95 Å². The molecule has 1 aromatic heterocycles. The SMILES string of the molecule is Cc1cc(N2C=C(C(=O)O)SCC2)nc(N(C)C)n1. The molecule has 6 nitrogen and oxygen atoms in total. The second-order valence-electron chi connectivity index (χ2n) is 4.40. The summed E-state index contributed by atoms with van der Waals surface area (Å²) in [5.74, 6) is 1.19. The number of anilines is 2. The Bertz CT molecular complexity index is 530. The molecule has 0 aromatic carbocycles. The molecule has 0 bridgehead atoms. The number of carboxylic acids is 1. The van der Waals surface area contributed by atoms with Crippen LogP contribution in [0.15, 0.2) is 17.2 Å². The zero-order chi connectivity index (χ0) is 14.0. The highest BCUT2D eigenvalue weighted by Crippen LogP contribution is 2.26. The van der Waals surface area contributed by atoms with E-state index in [0.717, 1.165) is 23.8 Å². The highest BCUT2D eigenvalue weighted by Gasteiger charge is 2.19. The van der Waals surface area contributed by atoms with E-state index in [2.05, 4.69) is 9.97 Å². The van der Waals surface area contributed by atoms with Crippen molar-refractivity contribution in [2.75, 3.05) is 36.2 Å². The first-order chi connectivity index (χ1) is 8.97. The van der Waals surface area contributed by atoms with Gasteiger partial charge in [-0.1, -0.05) is 0 Å². The molecular formula is C12H16N4O2S. The van der Waals surface area contributed by atoms with E-state index in [1.165, 1.54) is 11.8 Å². The minimum absolute atomic E-state index is 0.342. The number of hydrogen-bond donors (Lipinski definition) is 1. The van der Waals surface area contributed by atoms with Gasteiger partial charge in [0.1, 0.15) is 10.7 Å². The zero-order valence-electron chi connectivity index (χ0n) is 11.1. The van der Waals surface area contributed by atoms with Gasteiger partial charge >= 0.3 is 5.97 Å². The molecule has 1 N–H and O–H groups in total. The molecule has 2 heterocycles. The molecule has 2 rings (SSSR count). The molecule has 0 saturated heterocycles. The lowest BCUT2D eigenvalue weighted by Gasteiger charge is -2.25. The summed E-state index contributed by atoms with van der Waals surface area (Å²) in [6.07, 6.45) is 1.64. The van der Waals surface area contributed by atoms with Crippen molar-refractivity contribution in [1.82, 2.24) is 9.97 Å². The van der Waals surface area contributed by atoms with Gasteiger partial charge in [-0.2, -0.15) is 4.98 Å². The topological polar surface area (TPSA) is 69.6 Å². The number of hydrogen-bond acceptors (Lipinski definition) is 6. The first kappa shape index (κ1) is 13.7. The summed E-state index contributed by atoms with van der Waals surface area (Å²) in [5, 5.41) is 9.04. The average molecular weight is 280 g/mol. The van der Waals surface area contributed by atoms with Gasteiger partial charge in [0.25, 0.3) is 0 Å². The summed E-state index contributed by atoms with van der Waals surface area (Å²) in [7, 11) is 3.76. The Morgan fingerprint density at radius 2 is 2.21 bits per heavy atom. The van der Waals surface area contributed by atoms with E-state index < -0.39 is 5.97 Å². The molecule has 0 spiro atoms. The Labute approximate surface area is 116 Å². The fourth-order valence-corrected chi connectivity index (χ4v) is 2.51. The highest BCUT2D eigenvalue weighted by molar-refractivity contribution is 8.04. The van der Waals surface area contributed by atoms with Crippen LogP contribution in [0.4, 0.5) is 11.8 Å². The fourth-order valence-electron chi connectivity index (χ4n) is 1.68. The minimum Gasteiger partial charge on any atom is -0.477 e. The van der Waals surface area contributed by atoms with E-state index >= 15 is 0 Å². The molecule has 1 aromatic rings. The maximum absolute atomic E-state index is 11.0. The molecule has 1 aliphatic heterocycles. The van der Waals surface area contributed by atoms with E-state index in [9.17, 15) is 4.79 Å². The van der Waals surface area contributed by atoms with Gasteiger partial charge in [0, 0.05) is 44.4 Å². The molecule has 0 fully saturated rings. The Balaban J connectivity index is 2.36. The van der Waals surface area contributed by atoms with Gasteiger partial charge in [-0.05, 0) is 6.92 Å². The molecule has 102 valence electrons. The molecule has 0 unspecified atom stereocenters. The standard InChI is InChI=1S/C12H16N4O2S/c1-8-6-10(14-12(13-8)15(2)3)16-4-5-19-9(7-16)11(17)18/h6-7H,4-5H2,1-3H3,(H,17,18). The number of nitrogens with zero attached hydrogens (tertiary/aromatic N) is 4. The smallest absolute Gasteiger partial charge is 0.343 e. The van der Waals surface area contributed by atoms with Crippen molar-refractivity contribution in [2.24, 2.45) is 0 Å². The lowest BCUT2D eigenvalue weighted by atomic mass is 10.4. The number of thioether (sulfide) groups is 1. The number of rotatable bonds is 3. The maximum atomic E-state index is 11.0. The molecule has 0 radical (unpaired) electrons. The number of aromatic nitrogens is 2. The molecule has 7 heteroatoms. The van der Waals surface area contributed by atoms with E-state index in [-0.39, 0.29) is 0 Å². The van der Waals surface area contributed by atoms with Crippen LogP contribution in [0.2, 0.25) is 0 Å². The second kappa shape index (κ2) is 5.48. The van der Waals surface area contributed by atoms with Crippen LogP contribution in [-0.4, -0.2) is 47.4 Å².